The molecule has 1 amide bonds. The first-order chi connectivity index (χ1) is 18.6. The van der Waals surface area contributed by atoms with Gasteiger partial charge < -0.3 is 10.4 Å². The Morgan fingerprint density at radius 3 is 2.45 bits per heavy atom. The van der Waals surface area contributed by atoms with Crippen LogP contribution in [0.4, 0.5) is 0 Å². The first-order valence-electron chi connectivity index (χ1n) is 15.2. The second-order valence-electron chi connectivity index (χ2n) is 14.4. The standard InChI is InChI=1S/C31H47NO6S2/c1-17(2)29(25-8-9-27(39-25)40(36,37)38)32-26(35)14-18(3)21-6-7-22-28-23(11-13-31(21,22)5)30(4)12-10-20(33)15-19(30)16-24(28)34/h8-9,17-19,21-24,28-29,34H,6-7,10-16H2,1-5H3,(H,32,35)(H,36,37,38)/t18-,19+,21-,22+,23+,24-,28+,29-,30+,31-/m1/s1. The number of fused-ring (bicyclic) bond motifs is 5. The molecule has 1 aromatic rings. The zero-order chi connectivity index (χ0) is 29.2. The highest BCUT2D eigenvalue weighted by molar-refractivity contribution is 7.88. The number of aliphatic hydroxyl groups is 1. The maximum absolute atomic E-state index is 13.3. The molecule has 7 nitrogen and oxygen atoms in total. The van der Waals surface area contributed by atoms with Crippen LogP contribution < -0.4 is 5.32 Å². The SMILES string of the molecule is CC(C)[C@@H](NC(=O)C[C@@H](C)[C@H]1CC[C@H]2[C@@H]3[C@H](O)C[C@@H]4CC(=O)CC[C@]4(C)[C@H]3CC[C@]12C)c1ccc(S(=O)(=O)O)s1. The Kier molecular flexibility index (Phi) is 8.12. The number of Topliss-reactive ketones (excluding diaryl/α,β-unsaturated/α-hetero) is 1. The van der Waals surface area contributed by atoms with Crippen LogP contribution in [0.2, 0.25) is 0 Å². The summed E-state index contributed by atoms with van der Waals surface area (Å²) in [7, 11) is -4.27. The number of thiophene rings is 1. The number of carbonyl (C=O) groups is 2. The van der Waals surface area contributed by atoms with Gasteiger partial charge in [0, 0.05) is 24.1 Å². The molecular formula is C31H47NO6S2. The molecule has 9 heteroatoms. The van der Waals surface area contributed by atoms with Crippen molar-refractivity contribution in [2.24, 2.45) is 52.3 Å². The van der Waals surface area contributed by atoms with Gasteiger partial charge in [0.1, 0.15) is 9.99 Å². The van der Waals surface area contributed by atoms with E-state index in [4.69, 9.17) is 0 Å². The van der Waals surface area contributed by atoms with Crippen LogP contribution in [0, 0.1) is 52.3 Å². The molecule has 40 heavy (non-hydrogen) atoms. The Balaban J connectivity index is 1.27. The van der Waals surface area contributed by atoms with Gasteiger partial charge in [0.2, 0.25) is 5.91 Å². The van der Waals surface area contributed by atoms with Gasteiger partial charge in [-0.15, -0.1) is 11.3 Å². The smallest absolute Gasteiger partial charge is 0.304 e. The normalized spacial score (nSPS) is 39.2. The first-order valence-corrected chi connectivity index (χ1v) is 17.5. The minimum absolute atomic E-state index is 0.0336. The van der Waals surface area contributed by atoms with Gasteiger partial charge in [-0.25, -0.2) is 0 Å². The van der Waals surface area contributed by atoms with Crippen LogP contribution in [-0.4, -0.2) is 35.9 Å². The van der Waals surface area contributed by atoms with Gasteiger partial charge in [-0.1, -0.05) is 34.6 Å². The second-order valence-corrected chi connectivity index (χ2v) is 17.1. The summed E-state index contributed by atoms with van der Waals surface area (Å²) < 4.78 is 32.4. The van der Waals surface area contributed by atoms with Gasteiger partial charge in [-0.2, -0.15) is 8.42 Å². The number of aliphatic hydroxyl groups excluding tert-OH is 1. The quantitative estimate of drug-likeness (QED) is 0.332. The molecule has 4 aliphatic rings. The summed E-state index contributed by atoms with van der Waals surface area (Å²) >= 11 is 1.000. The van der Waals surface area contributed by atoms with Crippen molar-refractivity contribution in [2.45, 2.75) is 109 Å². The Morgan fingerprint density at radius 1 is 1.10 bits per heavy atom. The van der Waals surface area contributed by atoms with E-state index in [1.54, 1.807) is 6.07 Å². The van der Waals surface area contributed by atoms with E-state index >= 15 is 0 Å². The van der Waals surface area contributed by atoms with Gasteiger partial charge in [-0.3, -0.25) is 14.1 Å². The molecule has 0 spiro atoms. The van der Waals surface area contributed by atoms with Crippen molar-refractivity contribution in [3.05, 3.63) is 17.0 Å². The van der Waals surface area contributed by atoms with Crippen molar-refractivity contribution in [3.8, 4) is 0 Å². The number of rotatable bonds is 7. The lowest BCUT2D eigenvalue weighted by Gasteiger charge is -2.61. The monoisotopic (exact) mass is 593 g/mol. The van der Waals surface area contributed by atoms with Crippen molar-refractivity contribution in [3.63, 3.8) is 0 Å². The molecule has 10 atom stereocenters. The van der Waals surface area contributed by atoms with Crippen LogP contribution in [0.25, 0.3) is 0 Å². The van der Waals surface area contributed by atoms with Crippen LogP contribution in [0.3, 0.4) is 0 Å². The topological polar surface area (TPSA) is 121 Å². The van der Waals surface area contributed by atoms with Crippen LogP contribution in [0.1, 0.15) is 103 Å². The van der Waals surface area contributed by atoms with Crippen molar-refractivity contribution in [2.75, 3.05) is 0 Å². The average Bonchev–Trinajstić information content (AvgIpc) is 3.48. The Morgan fingerprint density at radius 2 is 1.80 bits per heavy atom. The van der Waals surface area contributed by atoms with Crippen LogP contribution >= 0.6 is 11.3 Å². The molecule has 0 aromatic carbocycles. The third-order valence-electron chi connectivity index (χ3n) is 11.9. The summed E-state index contributed by atoms with van der Waals surface area (Å²) in [6, 6.07) is 2.74. The van der Waals surface area contributed by atoms with E-state index in [2.05, 4.69) is 26.1 Å². The molecule has 0 saturated heterocycles. The Hall–Kier alpha value is -1.29. The molecule has 4 aliphatic carbocycles. The number of nitrogens with one attached hydrogen (secondary N) is 1. The summed E-state index contributed by atoms with van der Waals surface area (Å²) in [4.78, 5) is 26.3. The molecule has 3 N–H and O–H groups in total. The van der Waals surface area contributed by atoms with E-state index in [1.165, 1.54) is 6.07 Å². The summed E-state index contributed by atoms with van der Waals surface area (Å²) in [5, 5.41) is 14.6. The number of ketones is 1. The molecular weight excluding hydrogens is 546 g/mol. The van der Waals surface area contributed by atoms with Gasteiger partial charge >= 0.3 is 10.1 Å². The highest BCUT2D eigenvalue weighted by atomic mass is 32.3. The van der Waals surface area contributed by atoms with Gasteiger partial charge in [-0.05, 0) is 103 Å². The van der Waals surface area contributed by atoms with Crippen LogP contribution in [0.15, 0.2) is 16.3 Å². The molecule has 4 saturated carbocycles. The van der Waals surface area contributed by atoms with Crippen LogP contribution in [0.5, 0.6) is 0 Å². The maximum Gasteiger partial charge on any atom is 0.304 e. The van der Waals surface area contributed by atoms with Crippen molar-refractivity contribution >= 4 is 33.1 Å². The number of hydrogen-bond acceptors (Lipinski definition) is 6. The second kappa shape index (κ2) is 10.8. The van der Waals surface area contributed by atoms with Gasteiger partial charge in [0.25, 0.3) is 0 Å². The zero-order valence-electron chi connectivity index (χ0n) is 24.6. The number of hydrogen-bond donors (Lipinski definition) is 3. The van der Waals surface area contributed by atoms with Crippen LogP contribution in [-0.2, 0) is 19.7 Å². The van der Waals surface area contributed by atoms with Crippen molar-refractivity contribution in [1.82, 2.24) is 5.32 Å². The molecule has 0 unspecified atom stereocenters. The third-order valence-corrected chi connectivity index (χ3v) is 14.4. The van der Waals surface area contributed by atoms with Gasteiger partial charge in [0.05, 0.1) is 12.1 Å². The largest absolute Gasteiger partial charge is 0.393 e. The fourth-order valence-corrected chi connectivity index (χ4v) is 11.8. The van der Waals surface area contributed by atoms with E-state index in [-0.39, 0.29) is 50.8 Å². The summed E-state index contributed by atoms with van der Waals surface area (Å²) in [6.07, 6.45) is 7.45. The molecule has 1 heterocycles. The molecule has 0 bridgehead atoms. The van der Waals surface area contributed by atoms with Crippen molar-refractivity contribution in [1.29, 1.82) is 0 Å². The van der Waals surface area contributed by atoms with E-state index in [0.29, 0.717) is 48.7 Å². The molecule has 0 radical (unpaired) electrons. The van der Waals surface area contributed by atoms with Gasteiger partial charge in [0.15, 0.2) is 0 Å². The fraction of sp³-hybridized carbons (Fsp3) is 0.806. The Bertz CT molecular complexity index is 1240. The highest BCUT2D eigenvalue weighted by Crippen LogP contribution is 2.68. The van der Waals surface area contributed by atoms with Crippen molar-refractivity contribution < 1.29 is 27.7 Å². The number of amides is 1. The molecule has 1 aromatic heterocycles. The Labute approximate surface area is 243 Å². The summed E-state index contributed by atoms with van der Waals surface area (Å²) in [5.74, 6) is 2.47. The first kappa shape index (κ1) is 30.2. The minimum Gasteiger partial charge on any atom is -0.393 e. The molecule has 224 valence electrons. The maximum atomic E-state index is 13.3. The lowest BCUT2D eigenvalue weighted by atomic mass is 9.44. The molecule has 0 aliphatic heterocycles. The predicted octanol–water partition coefficient (Wildman–Crippen LogP) is 6.03. The number of carbonyl (C=O) groups excluding carboxylic acids is 2. The fourth-order valence-electron chi connectivity index (χ4n) is 9.86. The lowest BCUT2D eigenvalue weighted by Crippen LogP contribution is -2.58. The average molecular weight is 594 g/mol. The van der Waals surface area contributed by atoms with E-state index in [9.17, 15) is 27.7 Å². The third kappa shape index (κ3) is 5.22. The predicted molar refractivity (Wildman–Crippen MR) is 155 cm³/mol. The highest BCUT2D eigenvalue weighted by Gasteiger charge is 2.63. The zero-order valence-corrected chi connectivity index (χ0v) is 26.2. The molecule has 5 rings (SSSR count). The van der Waals surface area contributed by atoms with E-state index in [0.717, 1.165) is 54.7 Å². The minimum atomic E-state index is -4.27. The summed E-state index contributed by atoms with van der Waals surface area (Å²) in [6.45, 7) is 11.0. The lowest BCUT2D eigenvalue weighted by molar-refractivity contribution is -0.169. The van der Waals surface area contributed by atoms with E-state index in [1.807, 2.05) is 13.8 Å². The molecule has 4 fully saturated rings. The summed E-state index contributed by atoms with van der Waals surface area (Å²) in [5.41, 5.74) is 0.233. The van der Waals surface area contributed by atoms with E-state index < -0.39 is 10.1 Å².